The van der Waals surface area contributed by atoms with Crippen molar-refractivity contribution in [3.63, 3.8) is 0 Å². The summed E-state index contributed by atoms with van der Waals surface area (Å²) in [7, 11) is 0. The van der Waals surface area contributed by atoms with Gasteiger partial charge in [-0.1, -0.05) is 6.07 Å². The van der Waals surface area contributed by atoms with Gasteiger partial charge in [0.2, 0.25) is 5.91 Å². The van der Waals surface area contributed by atoms with Crippen LogP contribution in [0.2, 0.25) is 0 Å². The number of aryl methyl sites for hydroxylation is 1. The van der Waals surface area contributed by atoms with Crippen molar-refractivity contribution in [1.29, 1.82) is 0 Å². The van der Waals surface area contributed by atoms with Gasteiger partial charge in [-0.25, -0.2) is 4.98 Å². The van der Waals surface area contributed by atoms with Gasteiger partial charge in [-0.3, -0.25) is 9.78 Å². The lowest BCUT2D eigenvalue weighted by Gasteiger charge is -1.98. The number of nitrogens with two attached hydrogens (primary N) is 1. The van der Waals surface area contributed by atoms with Crippen LogP contribution < -0.4 is 11.1 Å². The molecule has 5 nitrogen and oxygen atoms in total. The Morgan fingerprint density at radius 2 is 2.24 bits per heavy atom. The van der Waals surface area contributed by atoms with Crippen molar-refractivity contribution in [3.8, 4) is 11.4 Å². The first-order valence-corrected chi connectivity index (χ1v) is 5.96. The van der Waals surface area contributed by atoms with Crippen LogP contribution in [0.3, 0.4) is 0 Å². The van der Waals surface area contributed by atoms with Crippen LogP contribution in [-0.4, -0.2) is 22.4 Å². The average molecular weight is 248 g/mol. The number of pyridine rings is 1. The van der Waals surface area contributed by atoms with Crippen molar-refractivity contribution in [2.24, 2.45) is 5.73 Å². The van der Waals surface area contributed by atoms with Crippen LogP contribution in [0.1, 0.15) is 5.69 Å². The van der Waals surface area contributed by atoms with Crippen LogP contribution in [0.5, 0.6) is 0 Å². The number of nitrogens with one attached hydrogen (secondary N) is 1. The van der Waals surface area contributed by atoms with Gasteiger partial charge in [0, 0.05) is 11.1 Å². The summed E-state index contributed by atoms with van der Waals surface area (Å²) >= 11 is 1.36. The number of carbonyl (C=O) groups is 1. The molecule has 0 aliphatic carbocycles. The van der Waals surface area contributed by atoms with Crippen LogP contribution in [0, 0.1) is 6.92 Å². The average Bonchev–Trinajstić information content (AvgIpc) is 2.77. The molecule has 0 spiro atoms. The van der Waals surface area contributed by atoms with E-state index in [1.54, 1.807) is 0 Å². The second kappa shape index (κ2) is 5.03. The van der Waals surface area contributed by atoms with Crippen molar-refractivity contribution >= 4 is 22.4 Å². The Morgan fingerprint density at radius 1 is 1.41 bits per heavy atom. The molecule has 0 fully saturated rings. The highest BCUT2D eigenvalue weighted by Gasteiger charge is 2.07. The van der Waals surface area contributed by atoms with Gasteiger partial charge >= 0.3 is 0 Å². The number of thiazole rings is 1. The quantitative estimate of drug-likeness (QED) is 0.860. The van der Waals surface area contributed by atoms with E-state index in [2.05, 4.69) is 15.3 Å². The monoisotopic (exact) mass is 248 g/mol. The molecule has 0 atom stereocenters. The topological polar surface area (TPSA) is 80.9 Å². The lowest BCUT2D eigenvalue weighted by molar-refractivity contribution is -0.114. The molecule has 0 aromatic carbocycles. The molecule has 0 radical (unpaired) electrons. The highest BCUT2D eigenvalue weighted by molar-refractivity contribution is 7.14. The second-order valence-electron chi connectivity index (χ2n) is 3.45. The van der Waals surface area contributed by atoms with E-state index in [0.29, 0.717) is 5.13 Å². The first kappa shape index (κ1) is 11.7. The minimum atomic E-state index is -0.247. The summed E-state index contributed by atoms with van der Waals surface area (Å²) in [5.41, 5.74) is 7.70. The molecule has 0 saturated heterocycles. The Bertz CT molecular complexity index is 538. The van der Waals surface area contributed by atoms with Crippen LogP contribution in [0.15, 0.2) is 23.6 Å². The smallest absolute Gasteiger partial charge is 0.239 e. The molecule has 0 aliphatic heterocycles. The van der Waals surface area contributed by atoms with E-state index in [4.69, 9.17) is 5.73 Å². The van der Waals surface area contributed by atoms with Gasteiger partial charge in [0.25, 0.3) is 0 Å². The van der Waals surface area contributed by atoms with Crippen LogP contribution >= 0.6 is 11.3 Å². The van der Waals surface area contributed by atoms with E-state index < -0.39 is 0 Å². The van der Waals surface area contributed by atoms with Gasteiger partial charge < -0.3 is 11.1 Å². The molecule has 2 rings (SSSR count). The van der Waals surface area contributed by atoms with Gasteiger partial charge in [-0.05, 0) is 19.1 Å². The van der Waals surface area contributed by atoms with Crippen LogP contribution in [0.25, 0.3) is 11.4 Å². The first-order valence-electron chi connectivity index (χ1n) is 5.08. The van der Waals surface area contributed by atoms with E-state index in [1.165, 1.54) is 11.3 Å². The zero-order valence-electron chi connectivity index (χ0n) is 9.30. The molecule has 1 amide bonds. The Hall–Kier alpha value is -1.79. The molecular weight excluding hydrogens is 236 g/mol. The molecule has 17 heavy (non-hydrogen) atoms. The summed E-state index contributed by atoms with van der Waals surface area (Å²) in [5.74, 6) is -0.247. The van der Waals surface area contributed by atoms with Crippen molar-refractivity contribution in [2.45, 2.75) is 6.92 Å². The van der Waals surface area contributed by atoms with E-state index in [9.17, 15) is 4.79 Å². The zero-order valence-corrected chi connectivity index (χ0v) is 10.1. The maximum absolute atomic E-state index is 11.1. The molecule has 2 aromatic rings. The van der Waals surface area contributed by atoms with Crippen molar-refractivity contribution in [3.05, 3.63) is 29.3 Å². The molecule has 6 heteroatoms. The number of hydrogen-bond acceptors (Lipinski definition) is 5. The second-order valence-corrected chi connectivity index (χ2v) is 4.31. The Morgan fingerprint density at radius 3 is 2.94 bits per heavy atom. The van der Waals surface area contributed by atoms with Gasteiger partial charge in [-0.15, -0.1) is 11.3 Å². The molecule has 0 bridgehead atoms. The van der Waals surface area contributed by atoms with Crippen molar-refractivity contribution < 1.29 is 4.79 Å². The summed E-state index contributed by atoms with van der Waals surface area (Å²) < 4.78 is 0. The number of carbonyl (C=O) groups excluding carboxylic acids is 1. The summed E-state index contributed by atoms with van der Waals surface area (Å²) in [6.07, 6.45) is 0. The summed E-state index contributed by atoms with van der Waals surface area (Å²) in [4.78, 5) is 19.7. The summed E-state index contributed by atoms with van der Waals surface area (Å²) in [5, 5.41) is 5.01. The SMILES string of the molecule is Cc1cccc(-c2csc(NC(=O)CN)n2)n1. The molecular formula is C11H12N4OS. The van der Waals surface area contributed by atoms with Gasteiger partial charge in [0.05, 0.1) is 12.2 Å². The van der Waals surface area contributed by atoms with Gasteiger partial charge in [-0.2, -0.15) is 0 Å². The molecule has 2 heterocycles. The van der Waals surface area contributed by atoms with Gasteiger partial charge in [0.1, 0.15) is 5.69 Å². The third-order valence-corrected chi connectivity index (χ3v) is 2.84. The summed E-state index contributed by atoms with van der Waals surface area (Å²) in [6, 6.07) is 5.73. The first-order chi connectivity index (χ1) is 8.19. The van der Waals surface area contributed by atoms with E-state index in [0.717, 1.165) is 17.1 Å². The Kier molecular flexibility index (Phi) is 3.46. The summed E-state index contributed by atoms with van der Waals surface area (Å²) in [6.45, 7) is 1.88. The largest absolute Gasteiger partial charge is 0.322 e. The Balaban J connectivity index is 2.21. The maximum atomic E-state index is 11.1. The molecule has 0 aliphatic rings. The lowest BCUT2D eigenvalue weighted by Crippen LogP contribution is -2.21. The molecule has 3 N–H and O–H groups in total. The Labute approximate surface area is 103 Å². The molecule has 2 aromatic heterocycles. The number of nitrogens with zero attached hydrogens (tertiary/aromatic N) is 2. The van der Waals surface area contributed by atoms with Crippen molar-refractivity contribution in [1.82, 2.24) is 9.97 Å². The van der Waals surface area contributed by atoms with Crippen molar-refractivity contribution in [2.75, 3.05) is 11.9 Å². The highest BCUT2D eigenvalue weighted by Crippen LogP contribution is 2.23. The van der Waals surface area contributed by atoms with E-state index in [-0.39, 0.29) is 12.5 Å². The third kappa shape index (κ3) is 2.86. The van der Waals surface area contributed by atoms with Gasteiger partial charge in [0.15, 0.2) is 5.13 Å². The molecule has 0 unspecified atom stereocenters. The zero-order chi connectivity index (χ0) is 12.3. The number of anilines is 1. The fourth-order valence-electron chi connectivity index (χ4n) is 1.30. The fourth-order valence-corrected chi connectivity index (χ4v) is 2.03. The fraction of sp³-hybridized carbons (Fsp3) is 0.182. The van der Waals surface area contributed by atoms with Crippen LogP contribution in [-0.2, 0) is 4.79 Å². The third-order valence-electron chi connectivity index (χ3n) is 2.09. The highest BCUT2D eigenvalue weighted by atomic mass is 32.1. The van der Waals surface area contributed by atoms with E-state index >= 15 is 0 Å². The minimum absolute atomic E-state index is 0.0440. The molecule has 0 saturated carbocycles. The van der Waals surface area contributed by atoms with Crippen LogP contribution in [0.4, 0.5) is 5.13 Å². The normalized spacial score (nSPS) is 10.2. The number of amides is 1. The predicted molar refractivity (Wildman–Crippen MR) is 67.8 cm³/mol. The number of rotatable bonds is 3. The predicted octanol–water partition coefficient (Wildman–Crippen LogP) is 1.41. The maximum Gasteiger partial charge on any atom is 0.239 e. The number of hydrogen-bond donors (Lipinski definition) is 2. The lowest BCUT2D eigenvalue weighted by atomic mass is 10.3. The molecule has 88 valence electrons. The standard InChI is InChI=1S/C11H12N4OS/c1-7-3-2-4-8(13-7)9-6-17-11(14-9)15-10(16)5-12/h2-4,6H,5,12H2,1H3,(H,14,15,16). The van der Waals surface area contributed by atoms with E-state index in [1.807, 2.05) is 30.5 Å². The number of aromatic nitrogens is 2. The minimum Gasteiger partial charge on any atom is -0.322 e.